The molecule has 35 heavy (non-hydrogen) atoms. The Kier molecular flexibility index (Phi) is 5.75. The lowest BCUT2D eigenvalue weighted by molar-refractivity contribution is -0.241. The van der Waals surface area contributed by atoms with Crippen molar-refractivity contribution in [3.63, 3.8) is 0 Å². The van der Waals surface area contributed by atoms with E-state index in [9.17, 15) is 22.8 Å². The van der Waals surface area contributed by atoms with Gasteiger partial charge in [0.25, 0.3) is 5.91 Å². The molecule has 0 spiro atoms. The van der Waals surface area contributed by atoms with Crippen molar-refractivity contribution in [3.8, 4) is 0 Å². The smallest absolute Gasteiger partial charge is 0.401 e. The number of rotatable bonds is 6. The Morgan fingerprint density at radius 3 is 2.63 bits per heavy atom. The van der Waals surface area contributed by atoms with Gasteiger partial charge >= 0.3 is 6.18 Å². The highest BCUT2D eigenvalue weighted by Crippen LogP contribution is 2.54. The van der Waals surface area contributed by atoms with Crippen LogP contribution < -0.4 is 5.32 Å². The van der Waals surface area contributed by atoms with Crippen LogP contribution in [0.25, 0.3) is 0 Å². The first kappa shape index (κ1) is 23.3. The number of hydrogen-bond donors (Lipinski definition) is 1. The van der Waals surface area contributed by atoms with E-state index in [1.807, 2.05) is 0 Å². The minimum absolute atomic E-state index is 0.160. The van der Waals surface area contributed by atoms with Gasteiger partial charge in [0, 0.05) is 40.9 Å². The van der Waals surface area contributed by atoms with Gasteiger partial charge in [-0.3, -0.25) is 9.59 Å². The highest BCUT2D eigenvalue weighted by Gasteiger charge is 2.62. The van der Waals surface area contributed by atoms with Crippen molar-refractivity contribution in [2.75, 3.05) is 5.32 Å². The molecule has 6 nitrogen and oxygen atoms in total. The zero-order chi connectivity index (χ0) is 24.8. The number of aromatic nitrogens is 1. The van der Waals surface area contributed by atoms with Crippen LogP contribution in [-0.4, -0.2) is 28.6 Å². The van der Waals surface area contributed by atoms with Gasteiger partial charge in [0.05, 0.1) is 12.0 Å². The molecule has 0 atom stereocenters. The average molecular weight is 502 g/mol. The predicted molar refractivity (Wildman–Crippen MR) is 123 cm³/mol. The van der Waals surface area contributed by atoms with E-state index in [1.54, 1.807) is 36.4 Å². The number of carbonyl (C=O) groups is 2. The number of furan rings is 1. The summed E-state index contributed by atoms with van der Waals surface area (Å²) in [6.45, 7) is 0. The molecular weight excluding hydrogens is 483 g/mol. The molecule has 180 valence electrons. The van der Waals surface area contributed by atoms with Gasteiger partial charge in [0.15, 0.2) is 17.4 Å². The van der Waals surface area contributed by atoms with Crippen molar-refractivity contribution >= 4 is 40.5 Å². The van der Waals surface area contributed by atoms with Gasteiger partial charge in [0.2, 0.25) is 0 Å². The topological polar surface area (TPSA) is 84.6 Å². The Bertz CT molecular complexity index is 1350. The zero-order valence-corrected chi connectivity index (χ0v) is 19.0. The van der Waals surface area contributed by atoms with Crippen molar-refractivity contribution in [1.29, 1.82) is 0 Å². The molecule has 0 saturated heterocycles. The summed E-state index contributed by atoms with van der Waals surface area (Å²) in [4.78, 5) is 33.6. The fourth-order valence-electron chi connectivity index (χ4n) is 4.41. The van der Waals surface area contributed by atoms with E-state index in [0.717, 1.165) is 0 Å². The highest BCUT2D eigenvalue weighted by molar-refractivity contribution is 6.34. The SMILES string of the molecule is O=C(Nc1ccc(Cl)c(C2=Nc3ncc(CC(=O)C4(C(F)(F)F)CCC4)cc3C2)c1)c1ccco1. The normalized spacial score (nSPS) is 16.3. The van der Waals surface area contributed by atoms with Gasteiger partial charge < -0.3 is 9.73 Å². The molecule has 1 amide bonds. The van der Waals surface area contributed by atoms with Gasteiger partial charge in [-0.2, -0.15) is 13.2 Å². The molecule has 0 bridgehead atoms. The first-order chi connectivity index (χ1) is 16.7. The Morgan fingerprint density at radius 2 is 1.97 bits per heavy atom. The summed E-state index contributed by atoms with van der Waals surface area (Å²) in [5.74, 6) is -0.654. The van der Waals surface area contributed by atoms with Crippen LogP contribution in [0, 0.1) is 5.41 Å². The molecule has 1 aromatic carbocycles. The van der Waals surface area contributed by atoms with E-state index in [4.69, 9.17) is 16.0 Å². The first-order valence-electron chi connectivity index (χ1n) is 11.0. The second-order valence-electron chi connectivity index (χ2n) is 8.72. The van der Waals surface area contributed by atoms with Crippen LogP contribution in [0.3, 0.4) is 0 Å². The van der Waals surface area contributed by atoms with E-state index in [0.29, 0.717) is 51.8 Å². The zero-order valence-electron chi connectivity index (χ0n) is 18.3. The molecule has 1 aliphatic carbocycles. The molecule has 3 heterocycles. The molecule has 1 fully saturated rings. The van der Waals surface area contributed by atoms with Crippen molar-refractivity contribution in [2.24, 2.45) is 10.4 Å². The number of anilines is 1. The summed E-state index contributed by atoms with van der Waals surface area (Å²) in [7, 11) is 0. The van der Waals surface area contributed by atoms with Crippen molar-refractivity contribution in [2.45, 2.75) is 38.3 Å². The summed E-state index contributed by atoms with van der Waals surface area (Å²) in [6, 6.07) is 9.79. The van der Waals surface area contributed by atoms with Crippen LogP contribution >= 0.6 is 11.6 Å². The number of carbonyl (C=O) groups excluding carboxylic acids is 2. The number of alkyl halides is 3. The number of halogens is 4. The fourth-order valence-corrected chi connectivity index (χ4v) is 4.64. The average Bonchev–Trinajstić information content (AvgIpc) is 3.42. The molecule has 1 N–H and O–H groups in total. The third kappa shape index (κ3) is 4.25. The number of nitrogens with one attached hydrogen (secondary N) is 1. The lowest BCUT2D eigenvalue weighted by Crippen LogP contribution is -2.50. The molecule has 1 saturated carbocycles. The molecule has 2 aromatic heterocycles. The lowest BCUT2D eigenvalue weighted by Gasteiger charge is -2.41. The van der Waals surface area contributed by atoms with Crippen LogP contribution in [-0.2, 0) is 17.6 Å². The maximum atomic E-state index is 13.5. The quantitative estimate of drug-likeness (QED) is 0.442. The molecule has 5 rings (SSSR count). The van der Waals surface area contributed by atoms with Gasteiger partial charge in [-0.05, 0) is 54.8 Å². The van der Waals surface area contributed by atoms with Crippen molar-refractivity contribution < 1.29 is 27.2 Å². The van der Waals surface area contributed by atoms with Crippen LogP contribution in [0.2, 0.25) is 5.02 Å². The van der Waals surface area contributed by atoms with E-state index < -0.39 is 23.3 Å². The largest absolute Gasteiger partial charge is 0.459 e. The number of Topliss-reactive ketones (excluding diaryl/α,β-unsaturated/α-hetero) is 1. The number of fused-ring (bicyclic) bond motifs is 1. The molecule has 0 unspecified atom stereocenters. The third-order valence-electron chi connectivity index (χ3n) is 6.53. The van der Waals surface area contributed by atoms with Crippen LogP contribution in [0.15, 0.2) is 58.3 Å². The summed E-state index contributed by atoms with van der Waals surface area (Å²) >= 11 is 6.39. The maximum absolute atomic E-state index is 13.5. The monoisotopic (exact) mass is 501 g/mol. The lowest BCUT2D eigenvalue weighted by atomic mass is 9.64. The summed E-state index contributed by atoms with van der Waals surface area (Å²) < 4.78 is 45.6. The fraction of sp³-hybridized carbons (Fsp3) is 0.280. The Morgan fingerprint density at radius 1 is 1.17 bits per heavy atom. The molecule has 2 aliphatic rings. The summed E-state index contributed by atoms with van der Waals surface area (Å²) in [5, 5.41) is 3.15. The third-order valence-corrected chi connectivity index (χ3v) is 6.86. The van der Waals surface area contributed by atoms with Crippen molar-refractivity contribution in [1.82, 2.24) is 4.98 Å². The minimum atomic E-state index is -4.54. The van der Waals surface area contributed by atoms with Crippen LogP contribution in [0.4, 0.5) is 24.7 Å². The molecule has 3 aromatic rings. The number of nitrogens with zero attached hydrogens (tertiary/aromatic N) is 2. The summed E-state index contributed by atoms with van der Waals surface area (Å²) in [6.07, 6.45) is -1.67. The van der Waals surface area contributed by atoms with Gasteiger partial charge in [0.1, 0.15) is 5.41 Å². The number of pyridine rings is 1. The molecular formula is C25H19ClF3N3O3. The predicted octanol–water partition coefficient (Wildman–Crippen LogP) is 6.10. The van der Waals surface area contributed by atoms with Gasteiger partial charge in [-0.15, -0.1) is 0 Å². The van der Waals surface area contributed by atoms with E-state index in [2.05, 4.69) is 15.3 Å². The van der Waals surface area contributed by atoms with Gasteiger partial charge in [-0.25, -0.2) is 9.98 Å². The van der Waals surface area contributed by atoms with E-state index >= 15 is 0 Å². The second kappa shape index (κ2) is 8.64. The van der Waals surface area contributed by atoms with Crippen LogP contribution in [0.1, 0.15) is 46.5 Å². The van der Waals surface area contributed by atoms with Gasteiger partial charge in [-0.1, -0.05) is 18.0 Å². The maximum Gasteiger partial charge on any atom is 0.401 e. The number of ketones is 1. The minimum Gasteiger partial charge on any atom is -0.459 e. The summed E-state index contributed by atoms with van der Waals surface area (Å²) in [5.41, 5.74) is 0.557. The first-order valence-corrected chi connectivity index (χ1v) is 11.3. The highest BCUT2D eigenvalue weighted by atomic mass is 35.5. The number of hydrogen-bond acceptors (Lipinski definition) is 5. The number of amides is 1. The Balaban J connectivity index is 1.32. The Hall–Kier alpha value is -3.46. The Labute approximate surface area is 203 Å². The standard InChI is InChI=1S/C25H19ClF3N3O3/c26-18-5-4-16(31-23(34)20-3-1-8-35-20)12-17(18)19-11-15-9-14(13-30-22(15)32-19)10-21(33)24(6-2-7-24)25(27,28)29/h1,3-5,8-9,12-13H,2,6-7,10-11H2,(H,31,34). The van der Waals surface area contributed by atoms with E-state index in [1.165, 1.54) is 12.5 Å². The second-order valence-corrected chi connectivity index (χ2v) is 9.13. The van der Waals surface area contributed by atoms with Crippen LogP contribution in [0.5, 0.6) is 0 Å². The number of aliphatic imine (C=N–C) groups is 1. The van der Waals surface area contributed by atoms with Crippen molar-refractivity contribution in [3.05, 3.63) is 76.3 Å². The molecule has 10 heteroatoms. The number of benzene rings is 1. The van der Waals surface area contributed by atoms with E-state index in [-0.39, 0.29) is 25.0 Å². The molecule has 0 radical (unpaired) electrons. The molecule has 1 aliphatic heterocycles.